The Labute approximate surface area is 390 Å². The van der Waals surface area contributed by atoms with Gasteiger partial charge < -0.3 is 20.3 Å². The summed E-state index contributed by atoms with van der Waals surface area (Å²) >= 11 is 0. The van der Waals surface area contributed by atoms with Crippen LogP contribution in [0.5, 0.6) is 0 Å². The van der Waals surface area contributed by atoms with E-state index >= 15 is 0 Å². The summed E-state index contributed by atoms with van der Waals surface area (Å²) in [6.45, 7) is 6.37. The highest BCUT2D eigenvalue weighted by Crippen LogP contribution is 2.17. The summed E-state index contributed by atoms with van der Waals surface area (Å²) in [4.78, 5) is 26.2. The lowest BCUT2D eigenvalue weighted by Crippen LogP contribution is -2.46. The molecule has 0 spiro atoms. The summed E-state index contributed by atoms with van der Waals surface area (Å²) in [6, 6.07) is -0.714. The normalized spacial score (nSPS) is 13.7. The average Bonchev–Trinajstić information content (AvgIpc) is 3.28. The van der Waals surface area contributed by atoms with Gasteiger partial charge in [-0.05, 0) is 89.9 Å². The number of rotatable bonds is 48. The van der Waals surface area contributed by atoms with Gasteiger partial charge in [0.15, 0.2) is 0 Å². The summed E-state index contributed by atoms with van der Waals surface area (Å²) in [5.41, 5.74) is 0. The topological polar surface area (TPSA) is 95.9 Å². The number of allylic oxidation sites excluding steroid dienone is 10. The van der Waals surface area contributed by atoms with E-state index in [0.29, 0.717) is 19.3 Å². The van der Waals surface area contributed by atoms with Crippen LogP contribution in [0.15, 0.2) is 60.8 Å². The lowest BCUT2D eigenvalue weighted by molar-refractivity contribution is -0.151. The fourth-order valence-electron chi connectivity index (χ4n) is 8.00. The molecule has 0 aromatic heterocycles. The van der Waals surface area contributed by atoms with E-state index in [9.17, 15) is 19.8 Å². The molecule has 0 heterocycles. The fourth-order valence-corrected chi connectivity index (χ4v) is 8.00. The molecule has 3 unspecified atom stereocenters. The number of unbranched alkanes of at least 4 members (excludes halogenated alkanes) is 26. The molecule has 0 aliphatic heterocycles. The number of hydrogen-bond donors (Lipinski definition) is 3. The second-order valence-electron chi connectivity index (χ2n) is 18.2. The van der Waals surface area contributed by atoms with Gasteiger partial charge in [-0.2, -0.15) is 0 Å². The minimum absolute atomic E-state index is 0.0536. The molecule has 3 atom stereocenters. The molecule has 63 heavy (non-hydrogen) atoms. The number of carbonyl (C=O) groups excluding carboxylic acids is 2. The minimum Gasteiger partial charge on any atom is -0.462 e. The lowest BCUT2D eigenvalue weighted by Gasteiger charge is -2.24. The molecule has 3 N–H and O–H groups in total. The third-order valence-corrected chi connectivity index (χ3v) is 12.1. The van der Waals surface area contributed by atoms with Crippen LogP contribution in [-0.2, 0) is 14.3 Å². The molecule has 0 aliphatic rings. The van der Waals surface area contributed by atoms with Gasteiger partial charge in [-0.25, -0.2) is 0 Å². The zero-order valence-electron chi connectivity index (χ0n) is 41.7. The fraction of sp³-hybridized carbons (Fsp3) is 0.789. The highest BCUT2D eigenvalue weighted by Gasteiger charge is 2.24. The first-order valence-corrected chi connectivity index (χ1v) is 27.0. The van der Waals surface area contributed by atoms with Crippen molar-refractivity contribution in [3.63, 3.8) is 0 Å². The second-order valence-corrected chi connectivity index (χ2v) is 18.2. The summed E-state index contributed by atoms with van der Waals surface area (Å²) in [5.74, 6) is -0.521. The van der Waals surface area contributed by atoms with Crippen molar-refractivity contribution in [2.24, 2.45) is 0 Å². The third-order valence-electron chi connectivity index (χ3n) is 12.1. The molecule has 366 valence electrons. The van der Waals surface area contributed by atoms with Crippen molar-refractivity contribution < 1.29 is 24.5 Å². The quantitative estimate of drug-likeness (QED) is 0.0321. The highest BCUT2D eigenvalue weighted by atomic mass is 16.5. The van der Waals surface area contributed by atoms with Crippen molar-refractivity contribution >= 4 is 11.9 Å². The molecular weight excluding hydrogens is 779 g/mol. The number of ether oxygens (including phenoxy) is 1. The number of amides is 1. The molecule has 1 amide bonds. The maximum Gasteiger partial charge on any atom is 0.306 e. The molecule has 0 radical (unpaired) electrons. The van der Waals surface area contributed by atoms with Gasteiger partial charge in [0.05, 0.1) is 25.2 Å². The molecule has 0 saturated carbocycles. The van der Waals surface area contributed by atoms with E-state index < -0.39 is 18.2 Å². The van der Waals surface area contributed by atoms with Gasteiger partial charge >= 0.3 is 5.97 Å². The van der Waals surface area contributed by atoms with Gasteiger partial charge in [0.25, 0.3) is 0 Å². The van der Waals surface area contributed by atoms with Crippen LogP contribution in [0.25, 0.3) is 0 Å². The van der Waals surface area contributed by atoms with Gasteiger partial charge in [-0.3, -0.25) is 9.59 Å². The Bertz CT molecular complexity index is 1130. The van der Waals surface area contributed by atoms with Crippen LogP contribution < -0.4 is 5.32 Å². The van der Waals surface area contributed by atoms with Crippen LogP contribution >= 0.6 is 0 Å². The Morgan fingerprint density at radius 1 is 0.476 bits per heavy atom. The summed E-state index contributed by atoms with van der Waals surface area (Å²) in [5, 5.41) is 23.8. The Kier molecular flexibility index (Phi) is 48.6. The summed E-state index contributed by atoms with van der Waals surface area (Å²) < 4.78 is 5.92. The van der Waals surface area contributed by atoms with E-state index in [4.69, 9.17) is 4.74 Å². The standard InChI is InChI=1S/C57H103NO5/c1-4-7-10-13-16-19-22-25-28-29-32-35-38-41-44-47-50-57(62)63-53(48-45-42-39-36-33-30-26-23-20-17-14-11-8-5-2)51-56(61)58-54(52-59)55(60)49-46-43-40-37-34-31-27-24-21-18-15-12-9-6-3/h7,10,16,19,25,28,30,32-33,35,53-55,59-60H,4-6,8-9,11-15,17-18,20-24,26-27,29,31,34,36-52H2,1-3H3,(H,58,61)/b10-7+,19-16+,28-25+,33-30+,35-32+. The largest absolute Gasteiger partial charge is 0.462 e. The van der Waals surface area contributed by atoms with E-state index in [2.05, 4.69) is 86.8 Å². The monoisotopic (exact) mass is 882 g/mol. The first-order valence-electron chi connectivity index (χ1n) is 27.0. The molecule has 0 aliphatic carbocycles. The van der Waals surface area contributed by atoms with Crippen molar-refractivity contribution in [3.8, 4) is 0 Å². The Balaban J connectivity index is 4.64. The number of hydrogen-bond acceptors (Lipinski definition) is 5. The van der Waals surface area contributed by atoms with E-state index in [-0.39, 0.29) is 24.9 Å². The van der Waals surface area contributed by atoms with Crippen molar-refractivity contribution in [2.75, 3.05) is 6.61 Å². The summed E-state index contributed by atoms with van der Waals surface area (Å²) in [6.07, 6.45) is 62.8. The van der Waals surface area contributed by atoms with Crippen LogP contribution in [0.2, 0.25) is 0 Å². The van der Waals surface area contributed by atoms with E-state index in [0.717, 1.165) is 103 Å². The molecule has 6 nitrogen and oxygen atoms in total. The predicted octanol–water partition coefficient (Wildman–Crippen LogP) is 16.4. The Morgan fingerprint density at radius 2 is 0.857 bits per heavy atom. The molecule has 0 saturated heterocycles. The van der Waals surface area contributed by atoms with Crippen LogP contribution in [0.1, 0.15) is 265 Å². The molecule has 0 aromatic carbocycles. The smallest absolute Gasteiger partial charge is 0.306 e. The van der Waals surface area contributed by atoms with Gasteiger partial charge in [0.2, 0.25) is 5.91 Å². The van der Waals surface area contributed by atoms with Crippen molar-refractivity contribution in [1.29, 1.82) is 0 Å². The molecule has 6 heteroatoms. The number of nitrogens with one attached hydrogen (secondary N) is 1. The highest BCUT2D eigenvalue weighted by molar-refractivity contribution is 5.77. The molecule has 0 fully saturated rings. The summed E-state index contributed by atoms with van der Waals surface area (Å²) in [7, 11) is 0. The van der Waals surface area contributed by atoms with Crippen LogP contribution in [0.3, 0.4) is 0 Å². The van der Waals surface area contributed by atoms with Crippen LogP contribution in [0.4, 0.5) is 0 Å². The lowest BCUT2D eigenvalue weighted by atomic mass is 10.0. The number of aliphatic hydroxyl groups is 2. The van der Waals surface area contributed by atoms with Gasteiger partial charge in [0, 0.05) is 6.42 Å². The Morgan fingerprint density at radius 3 is 1.33 bits per heavy atom. The van der Waals surface area contributed by atoms with Crippen LogP contribution in [0, 0.1) is 0 Å². The van der Waals surface area contributed by atoms with Gasteiger partial charge in [-0.1, -0.05) is 223 Å². The molecule has 0 rings (SSSR count). The zero-order chi connectivity index (χ0) is 45.9. The number of aliphatic hydroxyl groups excluding tert-OH is 2. The molecular formula is C57H103NO5. The second kappa shape index (κ2) is 50.6. The van der Waals surface area contributed by atoms with E-state index in [1.807, 2.05) is 0 Å². The zero-order valence-corrected chi connectivity index (χ0v) is 41.7. The SMILES string of the molecule is CC/C=C/C/C=C/C/C=C/C/C=C/CCCCCC(=O)OC(CCCCC/C=C/CCCCCCCCC)CC(=O)NC(CO)C(O)CCCCCCCCCCCCCCCC. The molecule has 0 aromatic rings. The third kappa shape index (κ3) is 45.9. The van der Waals surface area contributed by atoms with Gasteiger partial charge in [-0.15, -0.1) is 0 Å². The maximum absolute atomic E-state index is 13.2. The van der Waals surface area contributed by atoms with E-state index in [1.165, 1.54) is 116 Å². The van der Waals surface area contributed by atoms with Gasteiger partial charge in [0.1, 0.15) is 6.10 Å². The average molecular weight is 882 g/mol. The predicted molar refractivity (Wildman–Crippen MR) is 273 cm³/mol. The van der Waals surface area contributed by atoms with Crippen molar-refractivity contribution in [2.45, 2.75) is 283 Å². The first-order chi connectivity index (χ1) is 31.0. The Hall–Kier alpha value is -2.44. The first kappa shape index (κ1) is 60.6. The maximum atomic E-state index is 13.2. The number of carbonyl (C=O) groups is 2. The van der Waals surface area contributed by atoms with Crippen molar-refractivity contribution in [3.05, 3.63) is 60.8 Å². The molecule has 0 bridgehead atoms. The van der Waals surface area contributed by atoms with E-state index in [1.54, 1.807) is 0 Å². The van der Waals surface area contributed by atoms with Crippen molar-refractivity contribution in [1.82, 2.24) is 5.32 Å². The van der Waals surface area contributed by atoms with Crippen LogP contribution in [-0.4, -0.2) is 46.9 Å². The minimum atomic E-state index is -0.798. The number of esters is 1.